The average Bonchev–Trinajstić information content (AvgIpc) is 2.84. The van der Waals surface area contributed by atoms with Gasteiger partial charge in [-0.15, -0.1) is 11.3 Å². The quantitative estimate of drug-likeness (QED) is 0.699. The molecule has 2 rings (SSSR count). The van der Waals surface area contributed by atoms with Crippen molar-refractivity contribution in [1.82, 2.24) is 15.2 Å². The van der Waals surface area contributed by atoms with Crippen LogP contribution in [0.25, 0.3) is 0 Å². The molecule has 19 heavy (non-hydrogen) atoms. The van der Waals surface area contributed by atoms with Crippen LogP contribution in [0.1, 0.15) is 21.1 Å². The van der Waals surface area contributed by atoms with E-state index in [1.54, 1.807) is 20.0 Å². The Bertz CT molecular complexity index is 649. The molecule has 2 aromatic rings. The van der Waals surface area contributed by atoms with Crippen LogP contribution < -0.4 is 5.43 Å². The van der Waals surface area contributed by atoms with Crippen LogP contribution in [0.5, 0.6) is 0 Å². The number of halogens is 2. The lowest BCUT2D eigenvalue weighted by Gasteiger charge is -2.00. The van der Waals surface area contributed by atoms with Gasteiger partial charge in [0.15, 0.2) is 5.13 Å². The Morgan fingerprint density at radius 2 is 2.37 bits per heavy atom. The summed E-state index contributed by atoms with van der Waals surface area (Å²) in [5.74, 6) is -0.471. The number of amides is 1. The molecule has 5 nitrogen and oxygen atoms in total. The van der Waals surface area contributed by atoms with Crippen LogP contribution in [0.15, 0.2) is 17.2 Å². The topological polar surface area (TPSA) is 59.3 Å². The minimum atomic E-state index is -0.471. The lowest BCUT2D eigenvalue weighted by atomic mass is 10.3. The Kier molecular flexibility index (Phi) is 3.96. The van der Waals surface area contributed by atoms with E-state index in [4.69, 9.17) is 11.6 Å². The molecule has 0 saturated heterocycles. The van der Waals surface area contributed by atoms with Gasteiger partial charge in [0.1, 0.15) is 5.69 Å². The van der Waals surface area contributed by atoms with E-state index in [1.807, 2.05) is 0 Å². The van der Waals surface area contributed by atoms with Crippen LogP contribution in [0.2, 0.25) is 5.02 Å². The predicted molar refractivity (Wildman–Crippen MR) is 72.3 cm³/mol. The molecule has 1 amide bonds. The summed E-state index contributed by atoms with van der Waals surface area (Å²) in [6.45, 7) is 1.71. The zero-order valence-electron chi connectivity index (χ0n) is 10.1. The molecule has 0 bridgehead atoms. The Balaban J connectivity index is 2.07. The molecule has 1 N–H and O–H groups in total. The van der Waals surface area contributed by atoms with Crippen LogP contribution in [-0.2, 0) is 7.05 Å². The highest BCUT2D eigenvalue weighted by Gasteiger charge is 2.17. The molecule has 0 aliphatic heterocycles. The molecule has 0 atom stereocenters. The Morgan fingerprint density at radius 1 is 1.63 bits per heavy atom. The lowest BCUT2D eigenvalue weighted by molar-refractivity contribution is 0.0946. The number of carbonyl (C=O) groups is 1. The number of hydrogen-bond donors (Lipinski definition) is 1. The van der Waals surface area contributed by atoms with Crippen molar-refractivity contribution in [3.05, 3.63) is 38.6 Å². The fourth-order valence-electron chi connectivity index (χ4n) is 1.48. The van der Waals surface area contributed by atoms with Crippen molar-refractivity contribution < 1.29 is 9.18 Å². The van der Waals surface area contributed by atoms with Crippen molar-refractivity contribution in [3.8, 4) is 0 Å². The van der Waals surface area contributed by atoms with Crippen molar-refractivity contribution in [3.63, 3.8) is 0 Å². The Hall–Kier alpha value is -1.73. The summed E-state index contributed by atoms with van der Waals surface area (Å²) >= 11 is 6.90. The third-order valence-corrected chi connectivity index (χ3v) is 3.58. The second kappa shape index (κ2) is 5.50. The predicted octanol–water partition coefficient (Wildman–Crippen LogP) is 2.35. The van der Waals surface area contributed by atoms with Crippen molar-refractivity contribution in [2.45, 2.75) is 6.92 Å². The summed E-state index contributed by atoms with van der Waals surface area (Å²) < 4.78 is 14.1. The first-order chi connectivity index (χ1) is 8.99. The van der Waals surface area contributed by atoms with Crippen LogP contribution in [0.3, 0.4) is 0 Å². The normalized spacial score (nSPS) is 11.2. The lowest BCUT2D eigenvalue weighted by Crippen LogP contribution is -2.21. The molecule has 0 spiro atoms. The van der Waals surface area contributed by atoms with Crippen molar-refractivity contribution in [1.29, 1.82) is 0 Å². The highest BCUT2D eigenvalue weighted by molar-refractivity contribution is 7.12. The number of thiophene rings is 1. The summed E-state index contributed by atoms with van der Waals surface area (Å²) in [4.78, 5) is 12.5. The summed E-state index contributed by atoms with van der Waals surface area (Å²) in [5.41, 5.74) is 3.12. The van der Waals surface area contributed by atoms with E-state index in [-0.39, 0.29) is 15.8 Å². The van der Waals surface area contributed by atoms with Gasteiger partial charge in [-0.1, -0.05) is 11.6 Å². The number of aryl methyl sites for hydroxylation is 2. The molecular weight excluding hydrogens is 291 g/mol. The third kappa shape index (κ3) is 2.99. The Labute approximate surface area is 117 Å². The minimum Gasteiger partial charge on any atom is -0.266 e. The smallest absolute Gasteiger partial charge is 0.266 e. The zero-order valence-corrected chi connectivity index (χ0v) is 11.7. The summed E-state index contributed by atoms with van der Waals surface area (Å²) in [6.07, 6.45) is 1.36. The molecule has 0 unspecified atom stereocenters. The van der Waals surface area contributed by atoms with Crippen LogP contribution >= 0.6 is 22.9 Å². The number of rotatable bonds is 3. The molecule has 0 aliphatic carbocycles. The second-order valence-electron chi connectivity index (χ2n) is 3.71. The minimum absolute atomic E-state index is 0.230. The maximum absolute atomic E-state index is 12.7. The molecule has 0 fully saturated rings. The molecule has 2 aromatic heterocycles. The standard InChI is InChI=1S/C11H10ClFN4OS/c1-6-9(12)10(17(2)16-6)11(18)15-14-5-7-3-4-8(13)19-7/h3-5H,1-2H3,(H,15,18). The third-order valence-electron chi connectivity index (χ3n) is 2.32. The molecule has 8 heteroatoms. The number of hydrazone groups is 1. The Morgan fingerprint density at radius 3 is 2.89 bits per heavy atom. The van der Waals surface area contributed by atoms with E-state index in [0.717, 1.165) is 11.3 Å². The first kappa shape index (κ1) is 13.7. The largest absolute Gasteiger partial charge is 0.291 e. The van der Waals surface area contributed by atoms with Crippen molar-refractivity contribution in [2.24, 2.45) is 12.1 Å². The highest BCUT2D eigenvalue weighted by Crippen LogP contribution is 2.19. The fraction of sp³-hybridized carbons (Fsp3) is 0.182. The number of carbonyl (C=O) groups excluding carboxylic acids is 1. The number of hydrogen-bond acceptors (Lipinski definition) is 4. The molecular formula is C11H10ClFN4OS. The van der Waals surface area contributed by atoms with Gasteiger partial charge in [-0.3, -0.25) is 9.48 Å². The molecule has 0 aromatic carbocycles. The summed E-state index contributed by atoms with van der Waals surface area (Å²) in [6, 6.07) is 2.89. The van der Waals surface area contributed by atoms with E-state index in [9.17, 15) is 9.18 Å². The molecule has 100 valence electrons. The van der Waals surface area contributed by atoms with E-state index in [1.165, 1.54) is 17.0 Å². The zero-order chi connectivity index (χ0) is 14.0. The summed E-state index contributed by atoms with van der Waals surface area (Å²) in [5, 5.41) is 7.75. The second-order valence-corrected chi connectivity index (χ2v) is 5.16. The number of aromatic nitrogens is 2. The van der Waals surface area contributed by atoms with E-state index in [0.29, 0.717) is 10.6 Å². The molecule has 0 saturated carbocycles. The van der Waals surface area contributed by atoms with Gasteiger partial charge >= 0.3 is 0 Å². The van der Waals surface area contributed by atoms with Crippen LogP contribution in [0.4, 0.5) is 4.39 Å². The number of nitrogens with zero attached hydrogens (tertiary/aromatic N) is 3. The van der Waals surface area contributed by atoms with Crippen LogP contribution in [-0.4, -0.2) is 21.9 Å². The first-order valence-corrected chi connectivity index (χ1v) is 6.46. The highest BCUT2D eigenvalue weighted by atomic mass is 35.5. The van der Waals surface area contributed by atoms with Gasteiger partial charge < -0.3 is 0 Å². The number of nitrogens with one attached hydrogen (secondary N) is 1. The van der Waals surface area contributed by atoms with Gasteiger partial charge in [-0.25, -0.2) is 5.43 Å². The van der Waals surface area contributed by atoms with Gasteiger partial charge in [0.25, 0.3) is 5.91 Å². The first-order valence-electron chi connectivity index (χ1n) is 5.27. The maximum Gasteiger partial charge on any atom is 0.291 e. The van der Waals surface area contributed by atoms with Gasteiger partial charge in [-0.05, 0) is 19.1 Å². The van der Waals surface area contributed by atoms with Crippen molar-refractivity contribution in [2.75, 3.05) is 0 Å². The average molecular weight is 301 g/mol. The van der Waals surface area contributed by atoms with Crippen LogP contribution in [0, 0.1) is 12.1 Å². The van der Waals surface area contributed by atoms with Gasteiger partial charge in [0.05, 0.1) is 21.8 Å². The SMILES string of the molecule is Cc1nn(C)c(C(=O)NN=Cc2ccc(F)s2)c1Cl. The van der Waals surface area contributed by atoms with Gasteiger partial charge in [0, 0.05) is 7.05 Å². The summed E-state index contributed by atoms with van der Waals surface area (Å²) in [7, 11) is 1.62. The van der Waals surface area contributed by atoms with E-state index in [2.05, 4.69) is 15.6 Å². The maximum atomic E-state index is 12.7. The van der Waals surface area contributed by atoms with Gasteiger partial charge in [-0.2, -0.15) is 14.6 Å². The van der Waals surface area contributed by atoms with Crippen molar-refractivity contribution >= 4 is 35.1 Å². The fourth-order valence-corrected chi connectivity index (χ4v) is 2.33. The van der Waals surface area contributed by atoms with Gasteiger partial charge in [0.2, 0.25) is 0 Å². The van der Waals surface area contributed by atoms with E-state index >= 15 is 0 Å². The molecule has 2 heterocycles. The molecule has 0 radical (unpaired) electrons. The van der Waals surface area contributed by atoms with E-state index < -0.39 is 5.91 Å². The molecule has 0 aliphatic rings. The monoisotopic (exact) mass is 300 g/mol.